The van der Waals surface area contributed by atoms with Gasteiger partial charge in [-0.05, 0) is 6.42 Å². The number of aliphatic hydroxyl groups is 1. The molecule has 0 aromatic carbocycles. The van der Waals surface area contributed by atoms with Gasteiger partial charge in [0.15, 0.2) is 5.03 Å². The number of hydrogen-bond donors (Lipinski definition) is 2. The number of sulfonamides is 1. The van der Waals surface area contributed by atoms with Crippen molar-refractivity contribution in [2.45, 2.75) is 18.1 Å². The second-order valence-electron chi connectivity index (χ2n) is 3.56. The Balaban J connectivity index is 2.80. The Morgan fingerprint density at radius 3 is 2.88 bits per heavy atom. The zero-order valence-corrected chi connectivity index (χ0v) is 10.7. The van der Waals surface area contributed by atoms with E-state index in [0.29, 0.717) is 19.6 Å². The van der Waals surface area contributed by atoms with E-state index >= 15 is 0 Å². The maximum Gasteiger partial charge on any atom is 0.260 e. The SMILES string of the molecule is COCCCN(C)S(=O)(=O)c1[nH]ncc1CO. The summed E-state index contributed by atoms with van der Waals surface area (Å²) in [6.45, 7) is 0.479. The van der Waals surface area contributed by atoms with Gasteiger partial charge in [0.05, 0.1) is 12.8 Å². The molecule has 1 heterocycles. The van der Waals surface area contributed by atoms with E-state index in [1.807, 2.05) is 0 Å². The van der Waals surface area contributed by atoms with Crippen molar-refractivity contribution < 1.29 is 18.3 Å². The van der Waals surface area contributed by atoms with Crippen molar-refractivity contribution >= 4 is 10.0 Å². The van der Waals surface area contributed by atoms with E-state index in [1.165, 1.54) is 17.5 Å². The highest BCUT2D eigenvalue weighted by Crippen LogP contribution is 2.16. The Bertz CT molecular complexity index is 443. The lowest BCUT2D eigenvalue weighted by Gasteiger charge is -2.16. The Hall–Kier alpha value is -0.960. The molecule has 0 aliphatic carbocycles. The summed E-state index contributed by atoms with van der Waals surface area (Å²) < 4.78 is 30.2. The first-order valence-electron chi connectivity index (χ1n) is 5.12. The van der Waals surface area contributed by atoms with Gasteiger partial charge < -0.3 is 9.84 Å². The molecule has 0 spiro atoms. The highest BCUT2D eigenvalue weighted by molar-refractivity contribution is 7.89. The quantitative estimate of drug-likeness (QED) is 0.650. The Kier molecular flexibility index (Phi) is 5.06. The van der Waals surface area contributed by atoms with Gasteiger partial charge in [-0.15, -0.1) is 0 Å². The van der Waals surface area contributed by atoms with Crippen LogP contribution in [0, 0.1) is 0 Å². The molecule has 17 heavy (non-hydrogen) atoms. The molecule has 2 N–H and O–H groups in total. The number of nitrogens with one attached hydrogen (secondary N) is 1. The number of rotatable bonds is 7. The molecule has 0 atom stereocenters. The minimum Gasteiger partial charge on any atom is -0.392 e. The molecule has 0 saturated carbocycles. The summed E-state index contributed by atoms with van der Waals surface area (Å²) in [4.78, 5) is 0. The third-order valence-corrected chi connectivity index (χ3v) is 4.21. The lowest BCUT2D eigenvalue weighted by molar-refractivity contribution is 0.189. The van der Waals surface area contributed by atoms with E-state index < -0.39 is 10.0 Å². The second kappa shape index (κ2) is 6.10. The van der Waals surface area contributed by atoms with Crippen LogP contribution in [-0.4, -0.2) is 55.3 Å². The maximum absolute atomic E-state index is 12.1. The number of hydrogen-bond acceptors (Lipinski definition) is 5. The lowest BCUT2D eigenvalue weighted by Crippen LogP contribution is -2.29. The summed E-state index contributed by atoms with van der Waals surface area (Å²) in [5.74, 6) is 0. The predicted octanol–water partition coefficient (Wildman–Crippen LogP) is -0.441. The minimum absolute atomic E-state index is 0.0556. The summed E-state index contributed by atoms with van der Waals surface area (Å²) in [6, 6.07) is 0. The molecule has 0 fully saturated rings. The Morgan fingerprint density at radius 2 is 2.29 bits per heavy atom. The smallest absolute Gasteiger partial charge is 0.260 e. The van der Waals surface area contributed by atoms with Gasteiger partial charge >= 0.3 is 0 Å². The first-order chi connectivity index (χ1) is 8.04. The average molecular weight is 263 g/mol. The fourth-order valence-corrected chi connectivity index (χ4v) is 2.64. The number of aliphatic hydroxyl groups excluding tert-OH is 1. The van der Waals surface area contributed by atoms with E-state index in [-0.39, 0.29) is 17.2 Å². The molecule has 1 aromatic heterocycles. The molecule has 0 bridgehead atoms. The molecule has 0 saturated heterocycles. The monoisotopic (exact) mass is 263 g/mol. The number of aromatic amines is 1. The standard InChI is InChI=1S/C9H17N3O4S/c1-12(4-3-5-16-2)17(14,15)9-8(7-13)6-10-11-9/h6,13H,3-5,7H2,1-2H3,(H,10,11). The van der Waals surface area contributed by atoms with Crippen molar-refractivity contribution in [2.24, 2.45) is 0 Å². The predicted molar refractivity (Wildman–Crippen MR) is 60.8 cm³/mol. The fourth-order valence-electron chi connectivity index (χ4n) is 1.34. The summed E-state index contributed by atoms with van der Waals surface area (Å²) >= 11 is 0. The zero-order chi connectivity index (χ0) is 12.9. The van der Waals surface area contributed by atoms with Gasteiger partial charge in [-0.25, -0.2) is 8.42 Å². The van der Waals surface area contributed by atoms with Crippen LogP contribution in [0.3, 0.4) is 0 Å². The maximum atomic E-state index is 12.1. The summed E-state index contributed by atoms with van der Waals surface area (Å²) in [6.07, 6.45) is 1.91. The van der Waals surface area contributed by atoms with Crippen LogP contribution in [-0.2, 0) is 21.4 Å². The normalized spacial score (nSPS) is 12.2. The summed E-state index contributed by atoms with van der Waals surface area (Å²) in [5.41, 5.74) is 0.267. The molecule has 0 aliphatic heterocycles. The largest absolute Gasteiger partial charge is 0.392 e. The minimum atomic E-state index is -3.62. The van der Waals surface area contributed by atoms with Gasteiger partial charge in [0, 0.05) is 32.9 Å². The molecule has 1 aromatic rings. The van der Waals surface area contributed by atoms with Crippen LogP contribution in [0.2, 0.25) is 0 Å². The molecule has 0 radical (unpaired) electrons. The van der Waals surface area contributed by atoms with Crippen molar-refractivity contribution in [2.75, 3.05) is 27.3 Å². The highest BCUT2D eigenvalue weighted by Gasteiger charge is 2.25. The van der Waals surface area contributed by atoms with Crippen LogP contribution in [0.1, 0.15) is 12.0 Å². The second-order valence-corrected chi connectivity index (χ2v) is 5.54. The van der Waals surface area contributed by atoms with Crippen molar-refractivity contribution in [1.82, 2.24) is 14.5 Å². The number of H-pyrrole nitrogens is 1. The van der Waals surface area contributed by atoms with E-state index in [4.69, 9.17) is 9.84 Å². The van der Waals surface area contributed by atoms with E-state index in [0.717, 1.165) is 0 Å². The third kappa shape index (κ3) is 3.25. The number of ether oxygens (including phenoxy) is 1. The molecule has 1 rings (SSSR count). The molecular weight excluding hydrogens is 246 g/mol. The van der Waals surface area contributed by atoms with Crippen LogP contribution in [0.25, 0.3) is 0 Å². The van der Waals surface area contributed by atoms with E-state index in [2.05, 4.69) is 10.2 Å². The van der Waals surface area contributed by atoms with Crippen LogP contribution >= 0.6 is 0 Å². The van der Waals surface area contributed by atoms with Gasteiger partial charge in [0.2, 0.25) is 0 Å². The van der Waals surface area contributed by atoms with Gasteiger partial charge in [-0.1, -0.05) is 0 Å². The van der Waals surface area contributed by atoms with Gasteiger partial charge in [0.1, 0.15) is 0 Å². The summed E-state index contributed by atoms with van der Waals surface area (Å²) in [5, 5.41) is 15.0. The van der Waals surface area contributed by atoms with Crippen LogP contribution in [0.4, 0.5) is 0 Å². The van der Waals surface area contributed by atoms with Crippen molar-refractivity contribution in [3.63, 3.8) is 0 Å². The molecule has 0 aliphatic rings. The summed E-state index contributed by atoms with van der Waals surface area (Å²) in [7, 11) is -0.577. The average Bonchev–Trinajstić information content (AvgIpc) is 2.77. The molecular formula is C9H17N3O4S. The first kappa shape index (κ1) is 14.1. The molecule has 8 heteroatoms. The van der Waals surface area contributed by atoms with Crippen molar-refractivity contribution in [3.05, 3.63) is 11.8 Å². The lowest BCUT2D eigenvalue weighted by atomic mass is 10.4. The van der Waals surface area contributed by atoms with Crippen molar-refractivity contribution in [1.29, 1.82) is 0 Å². The first-order valence-corrected chi connectivity index (χ1v) is 6.56. The molecule has 7 nitrogen and oxygen atoms in total. The van der Waals surface area contributed by atoms with E-state index in [1.54, 1.807) is 7.11 Å². The highest BCUT2D eigenvalue weighted by atomic mass is 32.2. The van der Waals surface area contributed by atoms with Gasteiger partial charge in [-0.3, -0.25) is 5.10 Å². The Morgan fingerprint density at radius 1 is 1.59 bits per heavy atom. The van der Waals surface area contributed by atoms with Crippen molar-refractivity contribution in [3.8, 4) is 0 Å². The third-order valence-electron chi connectivity index (χ3n) is 2.34. The topological polar surface area (TPSA) is 95.5 Å². The van der Waals surface area contributed by atoms with Gasteiger partial charge in [-0.2, -0.15) is 9.40 Å². The number of aromatic nitrogens is 2. The van der Waals surface area contributed by atoms with E-state index in [9.17, 15) is 8.42 Å². The van der Waals surface area contributed by atoms with Gasteiger partial charge in [0.25, 0.3) is 10.0 Å². The number of nitrogens with zero attached hydrogens (tertiary/aromatic N) is 2. The zero-order valence-electron chi connectivity index (χ0n) is 9.88. The van der Waals surface area contributed by atoms with Crippen LogP contribution < -0.4 is 0 Å². The molecule has 0 amide bonds. The van der Waals surface area contributed by atoms with Crippen LogP contribution in [0.5, 0.6) is 0 Å². The Labute approximate surface area is 100 Å². The van der Waals surface area contributed by atoms with Crippen LogP contribution in [0.15, 0.2) is 11.2 Å². The molecule has 0 unspecified atom stereocenters. The molecule has 98 valence electrons. The fraction of sp³-hybridized carbons (Fsp3) is 0.667. The number of methoxy groups -OCH3 is 1.